The molecule has 1 aliphatic heterocycles. The summed E-state index contributed by atoms with van der Waals surface area (Å²) < 4.78 is 1.75. The highest BCUT2D eigenvalue weighted by Crippen LogP contribution is 2.18. The average molecular weight is 278 g/mol. The number of hydrogen-bond acceptors (Lipinski definition) is 4. The lowest BCUT2D eigenvalue weighted by Gasteiger charge is -2.28. The Morgan fingerprint density at radius 2 is 2.20 bits per heavy atom. The molecular formula is C14H22N4O2. The van der Waals surface area contributed by atoms with Crippen molar-refractivity contribution in [2.45, 2.75) is 33.4 Å². The quantitative estimate of drug-likeness (QED) is 0.467. The molecule has 0 saturated heterocycles. The van der Waals surface area contributed by atoms with E-state index < -0.39 is 5.91 Å². The van der Waals surface area contributed by atoms with Crippen LogP contribution in [0.4, 0.5) is 0 Å². The van der Waals surface area contributed by atoms with Crippen LogP contribution < -0.4 is 16.8 Å². The summed E-state index contributed by atoms with van der Waals surface area (Å²) in [6.45, 7) is 6.41. The molecule has 1 aliphatic rings. The van der Waals surface area contributed by atoms with E-state index in [1.165, 1.54) is 0 Å². The van der Waals surface area contributed by atoms with E-state index in [9.17, 15) is 9.59 Å². The number of nitrogens with zero attached hydrogens (tertiary/aromatic N) is 2. The van der Waals surface area contributed by atoms with Gasteiger partial charge in [-0.25, -0.2) is 5.84 Å². The lowest BCUT2D eigenvalue weighted by atomic mass is 10.0. The van der Waals surface area contributed by atoms with Crippen LogP contribution in [0.25, 0.3) is 0 Å². The fraction of sp³-hybridized carbons (Fsp3) is 0.571. The van der Waals surface area contributed by atoms with E-state index in [1.54, 1.807) is 10.6 Å². The number of carbonyl (C=O) groups excluding carboxylic acids is 1. The van der Waals surface area contributed by atoms with Gasteiger partial charge in [0.05, 0.1) is 0 Å². The molecule has 1 amide bonds. The van der Waals surface area contributed by atoms with Crippen molar-refractivity contribution in [3.05, 3.63) is 33.2 Å². The summed E-state index contributed by atoms with van der Waals surface area (Å²) in [5.41, 5.74) is 4.03. The summed E-state index contributed by atoms with van der Waals surface area (Å²) >= 11 is 0. The summed E-state index contributed by atoms with van der Waals surface area (Å²) in [6, 6.07) is 1.69. The van der Waals surface area contributed by atoms with Crippen LogP contribution in [0, 0.1) is 5.92 Å². The molecule has 1 aromatic heterocycles. The Labute approximate surface area is 118 Å². The van der Waals surface area contributed by atoms with Crippen molar-refractivity contribution in [3.8, 4) is 0 Å². The Bertz CT molecular complexity index is 577. The van der Waals surface area contributed by atoms with Gasteiger partial charge in [-0.3, -0.25) is 15.0 Å². The van der Waals surface area contributed by atoms with Crippen molar-refractivity contribution >= 4 is 5.91 Å². The van der Waals surface area contributed by atoms with Crippen molar-refractivity contribution in [1.29, 1.82) is 0 Å². The first-order valence-electron chi connectivity index (χ1n) is 6.89. The van der Waals surface area contributed by atoms with Gasteiger partial charge in [-0.15, -0.1) is 0 Å². The van der Waals surface area contributed by atoms with Crippen molar-refractivity contribution in [3.63, 3.8) is 0 Å². The number of nitrogen functional groups attached to an aromatic ring is 1. The molecule has 2 rings (SSSR count). The van der Waals surface area contributed by atoms with E-state index in [1.807, 2.05) is 7.05 Å². The maximum atomic E-state index is 12.5. The fourth-order valence-corrected chi connectivity index (χ4v) is 2.66. The molecule has 0 bridgehead atoms. The maximum Gasteiger partial charge on any atom is 0.270 e. The molecule has 6 heteroatoms. The largest absolute Gasteiger partial charge is 0.311 e. The summed E-state index contributed by atoms with van der Waals surface area (Å²) in [5, 5.41) is 0. The third-order valence-electron chi connectivity index (χ3n) is 3.58. The number of rotatable bonds is 3. The van der Waals surface area contributed by atoms with E-state index in [0.717, 1.165) is 30.8 Å². The Hall–Kier alpha value is -1.66. The molecule has 110 valence electrons. The fourth-order valence-electron chi connectivity index (χ4n) is 2.66. The third-order valence-corrected chi connectivity index (χ3v) is 3.58. The summed E-state index contributed by atoms with van der Waals surface area (Å²) in [4.78, 5) is 26.4. The monoisotopic (exact) mass is 278 g/mol. The molecule has 2 heterocycles. The Morgan fingerprint density at radius 3 is 2.80 bits per heavy atom. The third kappa shape index (κ3) is 2.76. The molecule has 0 aromatic carbocycles. The Morgan fingerprint density at radius 1 is 1.50 bits per heavy atom. The summed E-state index contributed by atoms with van der Waals surface area (Å²) in [6.07, 6.45) is 0.832. The summed E-state index contributed by atoms with van der Waals surface area (Å²) in [7, 11) is 2.03. The molecule has 20 heavy (non-hydrogen) atoms. The van der Waals surface area contributed by atoms with Gasteiger partial charge in [0.25, 0.3) is 11.5 Å². The maximum absolute atomic E-state index is 12.5. The van der Waals surface area contributed by atoms with Crippen LogP contribution in [0.3, 0.4) is 0 Å². The minimum atomic E-state index is -0.525. The van der Waals surface area contributed by atoms with Gasteiger partial charge in [0.2, 0.25) is 0 Å². The van der Waals surface area contributed by atoms with Gasteiger partial charge in [0.15, 0.2) is 0 Å². The molecule has 1 aromatic rings. The molecule has 0 saturated carbocycles. The zero-order chi connectivity index (χ0) is 14.9. The first-order chi connectivity index (χ1) is 9.43. The first kappa shape index (κ1) is 14.7. The second-order valence-electron chi connectivity index (χ2n) is 5.80. The number of likely N-dealkylation sites (N-methyl/N-ethyl adjacent to an activating group) is 1. The highest BCUT2D eigenvalue weighted by molar-refractivity contribution is 5.93. The van der Waals surface area contributed by atoms with Crippen molar-refractivity contribution < 1.29 is 4.79 Å². The standard InChI is InChI=1S/C14H22N4O2/c1-9(2)7-18-12-4-5-17(3)8-10(12)6-11(14(18)20)13(19)16-15/h6,9H,4-5,7-8,15H2,1-3H3,(H,16,19). The van der Waals surface area contributed by atoms with E-state index in [0.29, 0.717) is 12.5 Å². The highest BCUT2D eigenvalue weighted by atomic mass is 16.2. The predicted octanol–water partition coefficient (Wildman–Crippen LogP) is 0.0957. The number of fused-ring (bicyclic) bond motifs is 1. The number of aromatic nitrogens is 1. The van der Waals surface area contributed by atoms with Crippen molar-refractivity contribution in [2.75, 3.05) is 13.6 Å². The van der Waals surface area contributed by atoms with Gasteiger partial charge >= 0.3 is 0 Å². The number of pyridine rings is 1. The predicted molar refractivity (Wildman–Crippen MR) is 77.2 cm³/mol. The molecule has 0 unspecified atom stereocenters. The number of amides is 1. The Kier molecular flexibility index (Phi) is 4.25. The lowest BCUT2D eigenvalue weighted by molar-refractivity contribution is 0.0951. The zero-order valence-electron chi connectivity index (χ0n) is 12.3. The summed E-state index contributed by atoms with van der Waals surface area (Å²) in [5.74, 6) is 4.99. The molecule has 0 atom stereocenters. The van der Waals surface area contributed by atoms with Crippen molar-refractivity contribution in [1.82, 2.24) is 14.9 Å². The van der Waals surface area contributed by atoms with Gasteiger partial charge < -0.3 is 9.47 Å². The van der Waals surface area contributed by atoms with E-state index in [2.05, 4.69) is 24.2 Å². The highest BCUT2D eigenvalue weighted by Gasteiger charge is 2.22. The normalized spacial score (nSPS) is 15.2. The van der Waals surface area contributed by atoms with Crippen LogP contribution in [0.5, 0.6) is 0 Å². The number of hydrogen-bond donors (Lipinski definition) is 2. The molecular weight excluding hydrogens is 256 g/mol. The van der Waals surface area contributed by atoms with Crippen LogP contribution in [0.2, 0.25) is 0 Å². The second-order valence-corrected chi connectivity index (χ2v) is 5.80. The molecule has 0 radical (unpaired) electrons. The van der Waals surface area contributed by atoms with E-state index in [-0.39, 0.29) is 11.1 Å². The van der Waals surface area contributed by atoms with Crippen LogP contribution in [-0.4, -0.2) is 29.0 Å². The van der Waals surface area contributed by atoms with Crippen LogP contribution in [0.15, 0.2) is 10.9 Å². The first-order valence-corrected chi connectivity index (χ1v) is 6.89. The minimum absolute atomic E-state index is 0.127. The minimum Gasteiger partial charge on any atom is -0.311 e. The molecule has 0 spiro atoms. The van der Waals surface area contributed by atoms with Crippen LogP contribution in [0.1, 0.15) is 35.5 Å². The molecule has 0 aliphatic carbocycles. The molecule has 0 fully saturated rings. The van der Waals surface area contributed by atoms with Crippen molar-refractivity contribution in [2.24, 2.45) is 11.8 Å². The van der Waals surface area contributed by atoms with Gasteiger partial charge in [-0.2, -0.15) is 0 Å². The molecule has 3 N–H and O–H groups in total. The Balaban J connectivity index is 2.60. The van der Waals surface area contributed by atoms with E-state index in [4.69, 9.17) is 5.84 Å². The zero-order valence-corrected chi connectivity index (χ0v) is 12.3. The average Bonchev–Trinajstić information content (AvgIpc) is 2.40. The van der Waals surface area contributed by atoms with Gasteiger partial charge in [0, 0.05) is 31.7 Å². The SMILES string of the molecule is CC(C)Cn1c2c(cc(C(=O)NN)c1=O)CN(C)CC2. The second kappa shape index (κ2) is 5.76. The van der Waals surface area contributed by atoms with Gasteiger partial charge in [-0.05, 0) is 24.6 Å². The number of hydrazine groups is 1. The van der Waals surface area contributed by atoms with Gasteiger partial charge in [0.1, 0.15) is 5.56 Å². The topological polar surface area (TPSA) is 80.4 Å². The van der Waals surface area contributed by atoms with Crippen LogP contribution in [-0.2, 0) is 19.5 Å². The van der Waals surface area contributed by atoms with E-state index >= 15 is 0 Å². The smallest absolute Gasteiger partial charge is 0.270 e. The number of nitrogens with one attached hydrogen (secondary N) is 1. The number of carbonyl (C=O) groups is 1. The van der Waals surface area contributed by atoms with Gasteiger partial charge in [-0.1, -0.05) is 13.8 Å². The lowest BCUT2D eigenvalue weighted by Crippen LogP contribution is -2.40. The molecule has 6 nitrogen and oxygen atoms in total. The van der Waals surface area contributed by atoms with Crippen LogP contribution >= 0.6 is 0 Å². The number of nitrogens with two attached hydrogens (primary N) is 1.